The van der Waals surface area contributed by atoms with Crippen LogP contribution in [0.5, 0.6) is 0 Å². The average molecular weight is 739 g/mol. The van der Waals surface area contributed by atoms with Crippen LogP contribution in [0.25, 0.3) is 43.1 Å². The molecule has 0 saturated heterocycles. The largest absolute Gasteiger partial charge is 1.00 e. The summed E-state index contributed by atoms with van der Waals surface area (Å²) in [6, 6.07) is 35.2. The maximum atomic E-state index is 2.40. The SMILES string of the molecule is CCc1cc2c(ccc3ccccc32)[cH-]1.CCc1cc2c(ccc3ccccc32)[cH-]1.[CH3][Ge]([CH3])=[Hf+2].[Cl-].[Cl-]. The Hall–Kier alpha value is -1.39. The maximum absolute atomic E-state index is 2.40. The predicted octanol–water partition coefficient (Wildman–Crippen LogP) is 3.34. The zero-order valence-electron chi connectivity index (χ0n) is 21.4. The molecule has 0 aliphatic carbocycles. The van der Waals surface area contributed by atoms with E-state index in [-0.39, 0.29) is 34.9 Å². The van der Waals surface area contributed by atoms with E-state index in [1.807, 2.05) is 0 Å². The molecule has 184 valence electrons. The fourth-order valence-electron chi connectivity index (χ4n) is 4.46. The molecular weight excluding hydrogens is 706 g/mol. The van der Waals surface area contributed by atoms with Crippen molar-refractivity contribution in [2.24, 2.45) is 0 Å². The second-order valence-electron chi connectivity index (χ2n) is 9.01. The monoisotopic (exact) mass is 740 g/mol. The molecule has 0 amide bonds. The van der Waals surface area contributed by atoms with Crippen LogP contribution in [-0.2, 0) is 34.1 Å². The van der Waals surface area contributed by atoms with Gasteiger partial charge in [-0.25, -0.2) is 0 Å². The van der Waals surface area contributed by atoms with Crippen LogP contribution in [0, 0.1) is 0 Å². The first-order chi connectivity index (χ1) is 16.5. The van der Waals surface area contributed by atoms with E-state index >= 15 is 0 Å². The van der Waals surface area contributed by atoms with Gasteiger partial charge in [-0.3, -0.25) is 0 Å². The van der Waals surface area contributed by atoms with E-state index in [2.05, 4.69) is 122 Å². The van der Waals surface area contributed by atoms with Gasteiger partial charge in [0.2, 0.25) is 0 Å². The van der Waals surface area contributed by atoms with E-state index in [1.54, 1.807) is 0 Å². The number of halogens is 2. The zero-order valence-corrected chi connectivity index (χ0v) is 28.6. The molecule has 0 N–H and O–H groups in total. The molecule has 36 heavy (non-hydrogen) atoms. The Morgan fingerprint density at radius 3 is 1.31 bits per heavy atom. The summed E-state index contributed by atoms with van der Waals surface area (Å²) in [6.07, 6.45) is 2.23. The first-order valence-electron chi connectivity index (χ1n) is 12.2. The third kappa shape index (κ3) is 7.35. The number of benzene rings is 4. The number of rotatable bonds is 2. The topological polar surface area (TPSA) is 0 Å². The Labute approximate surface area is 243 Å². The number of fused-ring (bicyclic) bond motifs is 6. The van der Waals surface area contributed by atoms with Crippen molar-refractivity contribution in [1.82, 2.24) is 0 Å². The number of aryl methyl sites for hydroxylation is 2. The molecule has 0 nitrogen and oxygen atoms in total. The molecule has 0 unspecified atom stereocenters. The molecule has 6 aromatic rings. The summed E-state index contributed by atoms with van der Waals surface area (Å²) in [7, 11) is -0.194. The third-order valence-electron chi connectivity index (χ3n) is 6.17. The zero-order chi connectivity index (χ0) is 24.1. The van der Waals surface area contributed by atoms with Crippen LogP contribution in [0.3, 0.4) is 0 Å². The first-order valence-corrected chi connectivity index (χ1v) is 26.7. The summed E-state index contributed by atoms with van der Waals surface area (Å²) < 4.78 is 0. The van der Waals surface area contributed by atoms with Crippen molar-refractivity contribution in [2.75, 3.05) is 0 Å². The first kappa shape index (κ1) is 30.8. The molecule has 0 spiro atoms. The van der Waals surface area contributed by atoms with Crippen molar-refractivity contribution in [1.29, 1.82) is 0 Å². The van der Waals surface area contributed by atoms with Crippen LogP contribution in [0.4, 0.5) is 0 Å². The van der Waals surface area contributed by atoms with E-state index in [4.69, 9.17) is 0 Å². The molecule has 0 fully saturated rings. The van der Waals surface area contributed by atoms with Crippen LogP contribution in [0.15, 0.2) is 97.1 Å². The summed E-state index contributed by atoms with van der Waals surface area (Å²) in [4.78, 5) is 0. The van der Waals surface area contributed by atoms with Crippen molar-refractivity contribution < 1.29 is 46.1 Å². The van der Waals surface area contributed by atoms with Gasteiger partial charge in [0.25, 0.3) is 0 Å². The van der Waals surface area contributed by atoms with E-state index in [0.717, 1.165) is 12.8 Å². The van der Waals surface area contributed by atoms with Gasteiger partial charge in [-0.1, -0.05) is 85.3 Å². The second kappa shape index (κ2) is 14.5. The van der Waals surface area contributed by atoms with Crippen molar-refractivity contribution in [2.45, 2.75) is 38.2 Å². The molecule has 0 aromatic heterocycles. The fraction of sp³-hybridized carbons (Fsp3) is 0.188. The van der Waals surface area contributed by atoms with Crippen LogP contribution in [-0.4, -0.2) is 10.1 Å². The van der Waals surface area contributed by atoms with Gasteiger partial charge < -0.3 is 24.8 Å². The molecule has 0 radical (unpaired) electrons. The molecule has 0 saturated carbocycles. The summed E-state index contributed by atoms with van der Waals surface area (Å²) in [5, 5.41) is 10.9. The van der Waals surface area contributed by atoms with Gasteiger partial charge in [-0.2, -0.15) is 12.1 Å². The second-order valence-corrected chi connectivity index (χ2v) is 31.9. The van der Waals surface area contributed by atoms with Gasteiger partial charge in [0.1, 0.15) is 0 Å². The van der Waals surface area contributed by atoms with Crippen LogP contribution >= 0.6 is 0 Å². The van der Waals surface area contributed by atoms with Crippen molar-refractivity contribution >= 4 is 53.1 Å². The Bertz CT molecular complexity index is 1460. The van der Waals surface area contributed by atoms with E-state index in [0.29, 0.717) is 0 Å². The Kier molecular flexibility index (Phi) is 12.4. The van der Waals surface area contributed by atoms with Crippen molar-refractivity contribution in [3.63, 3.8) is 0 Å². The number of hydrogen-bond donors (Lipinski definition) is 0. The van der Waals surface area contributed by atoms with E-state index in [9.17, 15) is 0 Å². The molecule has 0 aliphatic heterocycles. The van der Waals surface area contributed by atoms with Crippen molar-refractivity contribution in [3.05, 3.63) is 108 Å². The molecular formula is C32H32Cl2GeHf-2. The minimum Gasteiger partial charge on any atom is -1.00 e. The van der Waals surface area contributed by atoms with Gasteiger partial charge in [-0.15, -0.1) is 56.9 Å². The maximum Gasteiger partial charge on any atom is -1.00 e. The smallest absolute Gasteiger partial charge is 1.00 e. The van der Waals surface area contributed by atoms with Gasteiger partial charge in [0.15, 0.2) is 0 Å². The number of hydrogen-bond acceptors (Lipinski definition) is 0. The van der Waals surface area contributed by atoms with E-state index in [1.165, 1.54) is 75.5 Å². The summed E-state index contributed by atoms with van der Waals surface area (Å²) in [5.41, 5.74) is 2.86. The standard InChI is InChI=1S/2C15H13.C2H6Ge.2ClH.Hf/c2*1-2-11-9-13-8-7-12-5-3-4-6-14(12)15(13)10-11;1-3-2;;;/h2*3-10H,2H2,1H3;1-2H3;2*1H;/q2*-1;;;;+2/p-2. The molecule has 0 aliphatic rings. The summed E-state index contributed by atoms with van der Waals surface area (Å²) in [5.74, 6) is 4.79. The van der Waals surface area contributed by atoms with Crippen molar-refractivity contribution in [3.8, 4) is 0 Å². The van der Waals surface area contributed by atoms with Gasteiger partial charge in [0, 0.05) is 0 Å². The average Bonchev–Trinajstić information content (AvgIpc) is 3.48. The van der Waals surface area contributed by atoms with Crippen LogP contribution < -0.4 is 24.8 Å². The minimum atomic E-state index is -0.194. The quantitative estimate of drug-likeness (QED) is 0.189. The molecule has 0 atom stereocenters. The Morgan fingerprint density at radius 1 is 0.583 bits per heavy atom. The summed E-state index contributed by atoms with van der Waals surface area (Å²) >= 11 is 1.52. The molecule has 0 bridgehead atoms. The predicted molar refractivity (Wildman–Crippen MR) is 150 cm³/mol. The van der Waals surface area contributed by atoms with Gasteiger partial charge in [-0.05, 0) is 23.6 Å². The Balaban J connectivity index is 0.000000211. The van der Waals surface area contributed by atoms with E-state index < -0.39 is 0 Å². The summed E-state index contributed by atoms with van der Waals surface area (Å²) in [6.45, 7) is 4.41. The molecule has 6 rings (SSSR count). The van der Waals surface area contributed by atoms with Crippen LogP contribution in [0.1, 0.15) is 25.0 Å². The molecule has 0 heterocycles. The Morgan fingerprint density at radius 2 is 0.944 bits per heavy atom. The normalized spacial score (nSPS) is 10.2. The van der Waals surface area contributed by atoms with Crippen LogP contribution in [0.2, 0.25) is 11.5 Å². The third-order valence-corrected chi connectivity index (χ3v) is 6.17. The minimum absolute atomic E-state index is 0. The molecule has 4 heteroatoms. The molecule has 6 aromatic carbocycles. The van der Waals surface area contributed by atoms with Gasteiger partial charge >= 0.3 is 42.8 Å². The van der Waals surface area contributed by atoms with Gasteiger partial charge in [0.05, 0.1) is 0 Å². The fourth-order valence-corrected chi connectivity index (χ4v) is 4.46.